The average Bonchev–Trinajstić information content (AvgIpc) is 2.45. The summed E-state index contributed by atoms with van der Waals surface area (Å²) in [6, 6.07) is 3.05. The molecule has 2 nitrogen and oxygen atoms in total. The molecule has 0 unspecified atom stereocenters. The van der Waals surface area contributed by atoms with Crippen molar-refractivity contribution >= 4 is 0 Å². The van der Waals surface area contributed by atoms with Gasteiger partial charge in [0.15, 0.2) is 0 Å². The van der Waals surface area contributed by atoms with Crippen molar-refractivity contribution in [3.05, 3.63) is 18.7 Å². The quantitative estimate of drug-likeness (QED) is 0.353. The summed E-state index contributed by atoms with van der Waals surface area (Å²) in [5.74, 6) is 3.12. The molecule has 64 valence electrons. The highest BCUT2D eigenvalue weighted by Crippen LogP contribution is 1.90. The molecular formula is C10H15N2+. The van der Waals surface area contributed by atoms with Crippen LogP contribution in [0.1, 0.15) is 26.2 Å². The Morgan fingerprint density at radius 2 is 2.33 bits per heavy atom. The normalized spacial score (nSPS) is 9.17. The van der Waals surface area contributed by atoms with Gasteiger partial charge in [0.2, 0.25) is 0 Å². The van der Waals surface area contributed by atoms with Gasteiger partial charge in [-0.1, -0.05) is 19.3 Å². The van der Waals surface area contributed by atoms with Crippen molar-refractivity contribution in [1.82, 2.24) is 4.57 Å². The van der Waals surface area contributed by atoms with Crippen LogP contribution in [0.4, 0.5) is 0 Å². The van der Waals surface area contributed by atoms with Gasteiger partial charge in [-0.05, 0) is 6.42 Å². The van der Waals surface area contributed by atoms with Crippen molar-refractivity contribution in [1.29, 1.82) is 0 Å². The van der Waals surface area contributed by atoms with Gasteiger partial charge in [-0.2, -0.15) is 4.57 Å². The van der Waals surface area contributed by atoms with Gasteiger partial charge in [-0.3, -0.25) is 0 Å². The zero-order valence-corrected chi connectivity index (χ0v) is 7.75. The van der Waals surface area contributed by atoms with E-state index in [9.17, 15) is 0 Å². The Balaban J connectivity index is 2.43. The number of aryl methyl sites for hydroxylation is 1. The second-order valence-electron chi connectivity index (χ2n) is 2.88. The third kappa shape index (κ3) is 2.79. The molecule has 0 saturated heterocycles. The second kappa shape index (κ2) is 4.61. The van der Waals surface area contributed by atoms with Crippen LogP contribution in [0.2, 0.25) is 0 Å². The summed E-state index contributed by atoms with van der Waals surface area (Å²) in [7, 11) is 1.99. The topological polar surface area (TPSA) is 8.81 Å². The van der Waals surface area contributed by atoms with Crippen molar-refractivity contribution in [2.75, 3.05) is 0 Å². The monoisotopic (exact) mass is 163 g/mol. The lowest BCUT2D eigenvalue weighted by Crippen LogP contribution is -2.23. The van der Waals surface area contributed by atoms with E-state index in [4.69, 9.17) is 0 Å². The summed E-state index contributed by atoms with van der Waals surface area (Å²) in [4.78, 5) is 0. The zero-order chi connectivity index (χ0) is 8.81. The number of imidazole rings is 1. The zero-order valence-electron chi connectivity index (χ0n) is 7.75. The van der Waals surface area contributed by atoms with E-state index >= 15 is 0 Å². The van der Waals surface area contributed by atoms with Crippen LogP contribution in [0, 0.1) is 12.0 Å². The first-order chi connectivity index (χ1) is 5.83. The molecule has 0 aromatic carbocycles. The van der Waals surface area contributed by atoms with Crippen molar-refractivity contribution in [3.63, 3.8) is 0 Å². The van der Waals surface area contributed by atoms with E-state index < -0.39 is 0 Å². The summed E-state index contributed by atoms with van der Waals surface area (Å²) < 4.78 is 3.87. The van der Waals surface area contributed by atoms with Gasteiger partial charge >= 0.3 is 0 Å². The molecule has 12 heavy (non-hydrogen) atoms. The number of hydrogen-bond donors (Lipinski definition) is 0. The van der Waals surface area contributed by atoms with Crippen LogP contribution >= 0.6 is 0 Å². The van der Waals surface area contributed by atoms with Crippen molar-refractivity contribution in [3.8, 4) is 12.0 Å². The van der Waals surface area contributed by atoms with E-state index in [1.54, 1.807) is 0 Å². The molecule has 0 bridgehead atoms. The molecule has 1 aromatic rings. The fraction of sp³-hybridized carbons (Fsp3) is 0.500. The third-order valence-corrected chi connectivity index (χ3v) is 1.63. The van der Waals surface area contributed by atoms with E-state index in [2.05, 4.69) is 18.9 Å². The van der Waals surface area contributed by atoms with Gasteiger partial charge in [0.05, 0.1) is 7.05 Å². The highest BCUT2D eigenvalue weighted by molar-refractivity contribution is 5.01. The first kappa shape index (κ1) is 8.86. The summed E-state index contributed by atoms with van der Waals surface area (Å²) in [6.07, 6.45) is 9.30. The van der Waals surface area contributed by atoms with E-state index in [0.29, 0.717) is 0 Å². The predicted molar refractivity (Wildman–Crippen MR) is 48.3 cm³/mol. The van der Waals surface area contributed by atoms with Crippen molar-refractivity contribution < 1.29 is 4.57 Å². The molecule has 0 fully saturated rings. The van der Waals surface area contributed by atoms with E-state index in [1.807, 2.05) is 34.9 Å². The number of aromatic nitrogens is 2. The Morgan fingerprint density at radius 3 is 2.92 bits per heavy atom. The Morgan fingerprint density at radius 1 is 1.50 bits per heavy atom. The molecule has 0 spiro atoms. The van der Waals surface area contributed by atoms with Crippen LogP contribution in [0.5, 0.6) is 0 Å². The highest BCUT2D eigenvalue weighted by atomic mass is 15.1. The standard InChI is InChI=1S/C10H15N2/c1-3-4-5-6-7-12-9-8-11(2)10-12/h8-10H,3-5H2,1-2H3/q+1. The maximum Gasteiger partial charge on any atom is 0.257 e. The van der Waals surface area contributed by atoms with Gasteiger partial charge in [0, 0.05) is 6.42 Å². The number of hydrogen-bond acceptors (Lipinski definition) is 0. The minimum absolute atomic E-state index is 0.998. The molecule has 0 amide bonds. The summed E-state index contributed by atoms with van der Waals surface area (Å²) in [5, 5.41) is 0. The lowest BCUT2D eigenvalue weighted by atomic mass is 10.3. The van der Waals surface area contributed by atoms with Gasteiger partial charge in [-0.25, -0.2) is 4.57 Å². The summed E-state index contributed by atoms with van der Waals surface area (Å²) in [5.41, 5.74) is 0. The largest absolute Gasteiger partial charge is 0.257 e. The van der Waals surface area contributed by atoms with Crippen LogP contribution in [-0.4, -0.2) is 4.57 Å². The van der Waals surface area contributed by atoms with Gasteiger partial charge in [-0.15, -0.1) is 0 Å². The van der Waals surface area contributed by atoms with Crippen LogP contribution in [0.15, 0.2) is 18.7 Å². The molecule has 0 atom stereocenters. The average molecular weight is 163 g/mol. The second-order valence-corrected chi connectivity index (χ2v) is 2.88. The molecule has 2 heteroatoms. The molecular weight excluding hydrogens is 148 g/mol. The maximum absolute atomic E-state index is 3.12. The number of unbranched alkanes of at least 4 members (excludes halogenated alkanes) is 2. The van der Waals surface area contributed by atoms with Gasteiger partial charge in [0.25, 0.3) is 6.33 Å². The van der Waals surface area contributed by atoms with Crippen LogP contribution < -0.4 is 4.57 Å². The fourth-order valence-electron chi connectivity index (χ4n) is 0.929. The van der Waals surface area contributed by atoms with E-state index in [-0.39, 0.29) is 0 Å². The Hall–Kier alpha value is -1.23. The first-order valence-corrected chi connectivity index (χ1v) is 4.35. The fourth-order valence-corrected chi connectivity index (χ4v) is 0.929. The molecule has 0 saturated carbocycles. The van der Waals surface area contributed by atoms with Crippen LogP contribution in [-0.2, 0) is 7.05 Å². The maximum atomic E-state index is 3.12. The molecule has 0 radical (unpaired) electrons. The number of rotatable bonds is 2. The Kier molecular flexibility index (Phi) is 3.40. The SMILES string of the molecule is CCCCC#Cn1cc[n+](C)c1. The lowest BCUT2D eigenvalue weighted by molar-refractivity contribution is -0.670. The first-order valence-electron chi connectivity index (χ1n) is 4.35. The molecule has 1 rings (SSSR count). The summed E-state index contributed by atoms with van der Waals surface area (Å²) in [6.45, 7) is 2.18. The molecule has 0 aliphatic rings. The van der Waals surface area contributed by atoms with Gasteiger partial charge < -0.3 is 0 Å². The molecule has 1 aromatic heterocycles. The summed E-state index contributed by atoms with van der Waals surface area (Å²) >= 11 is 0. The predicted octanol–water partition coefficient (Wildman–Crippen LogP) is 1.31. The number of nitrogens with zero attached hydrogens (tertiary/aromatic N) is 2. The lowest BCUT2D eigenvalue weighted by Gasteiger charge is -1.81. The minimum atomic E-state index is 0.998. The van der Waals surface area contributed by atoms with Crippen LogP contribution in [0.25, 0.3) is 0 Å². The van der Waals surface area contributed by atoms with E-state index in [0.717, 1.165) is 6.42 Å². The molecule has 0 N–H and O–H groups in total. The van der Waals surface area contributed by atoms with Gasteiger partial charge in [0.1, 0.15) is 18.4 Å². The Labute approximate surface area is 73.8 Å². The molecule has 1 heterocycles. The smallest absolute Gasteiger partial charge is 0.239 e. The highest BCUT2D eigenvalue weighted by Gasteiger charge is 1.92. The van der Waals surface area contributed by atoms with E-state index in [1.165, 1.54) is 12.8 Å². The van der Waals surface area contributed by atoms with Crippen molar-refractivity contribution in [2.24, 2.45) is 7.05 Å². The van der Waals surface area contributed by atoms with Crippen LogP contribution in [0.3, 0.4) is 0 Å². The third-order valence-electron chi connectivity index (χ3n) is 1.63. The van der Waals surface area contributed by atoms with Crippen molar-refractivity contribution in [2.45, 2.75) is 26.2 Å². The minimum Gasteiger partial charge on any atom is -0.239 e. The molecule has 0 aliphatic carbocycles. The molecule has 0 aliphatic heterocycles. The Bertz CT molecular complexity index is 288.